The Bertz CT molecular complexity index is 351. The summed E-state index contributed by atoms with van der Waals surface area (Å²) in [7, 11) is 0. The predicted molar refractivity (Wildman–Crippen MR) is 63.4 cm³/mol. The molecule has 2 atom stereocenters. The summed E-state index contributed by atoms with van der Waals surface area (Å²) < 4.78 is 5.19. The van der Waals surface area contributed by atoms with E-state index in [0.29, 0.717) is 18.4 Å². The summed E-state index contributed by atoms with van der Waals surface area (Å²) in [6, 6.07) is 0. The minimum absolute atomic E-state index is 0.230. The molecular weight excluding hydrogens is 218 g/mol. The van der Waals surface area contributed by atoms with Gasteiger partial charge in [-0.2, -0.15) is 4.98 Å². The molecule has 1 saturated heterocycles. The summed E-state index contributed by atoms with van der Waals surface area (Å²) in [5.41, 5.74) is 0. The molecule has 5 heteroatoms. The molecule has 0 aromatic carbocycles. The lowest BCUT2D eigenvalue weighted by Gasteiger charge is -2.33. The average Bonchev–Trinajstić information content (AvgIpc) is 2.77. The Balaban J connectivity index is 1.90. The molecule has 0 amide bonds. The molecule has 1 aromatic rings. The SMILES string of the molecule is CCc1noc(CN2CCCC(C(C)O)C2)n1. The summed E-state index contributed by atoms with van der Waals surface area (Å²) >= 11 is 0. The van der Waals surface area contributed by atoms with E-state index in [-0.39, 0.29) is 6.10 Å². The number of rotatable bonds is 4. The topological polar surface area (TPSA) is 62.4 Å². The zero-order valence-electron chi connectivity index (χ0n) is 10.6. The van der Waals surface area contributed by atoms with Gasteiger partial charge in [-0.1, -0.05) is 12.1 Å². The van der Waals surface area contributed by atoms with Crippen molar-refractivity contribution in [3.05, 3.63) is 11.7 Å². The molecule has 2 heterocycles. The van der Waals surface area contributed by atoms with E-state index in [4.69, 9.17) is 4.52 Å². The maximum Gasteiger partial charge on any atom is 0.240 e. The monoisotopic (exact) mass is 239 g/mol. The molecule has 2 rings (SSSR count). The van der Waals surface area contributed by atoms with Crippen LogP contribution in [0.1, 0.15) is 38.4 Å². The van der Waals surface area contributed by atoms with E-state index in [1.54, 1.807) is 0 Å². The fourth-order valence-electron chi connectivity index (χ4n) is 2.32. The molecule has 0 aliphatic carbocycles. The number of hydrogen-bond donors (Lipinski definition) is 1. The summed E-state index contributed by atoms with van der Waals surface area (Å²) in [5.74, 6) is 1.83. The molecule has 96 valence electrons. The van der Waals surface area contributed by atoms with Gasteiger partial charge in [-0.25, -0.2) is 0 Å². The van der Waals surface area contributed by atoms with Gasteiger partial charge < -0.3 is 9.63 Å². The second kappa shape index (κ2) is 5.60. The quantitative estimate of drug-likeness (QED) is 0.856. The second-order valence-electron chi connectivity index (χ2n) is 4.84. The van der Waals surface area contributed by atoms with E-state index < -0.39 is 0 Å². The molecule has 0 saturated carbocycles. The first-order chi connectivity index (χ1) is 8.19. The van der Waals surface area contributed by atoms with Gasteiger partial charge in [0.2, 0.25) is 5.89 Å². The van der Waals surface area contributed by atoms with Crippen molar-refractivity contribution >= 4 is 0 Å². The van der Waals surface area contributed by atoms with Crippen LogP contribution in [-0.4, -0.2) is 39.3 Å². The Morgan fingerprint density at radius 1 is 1.59 bits per heavy atom. The van der Waals surface area contributed by atoms with E-state index in [0.717, 1.165) is 38.2 Å². The lowest BCUT2D eigenvalue weighted by Crippen LogP contribution is -2.39. The summed E-state index contributed by atoms with van der Waals surface area (Å²) in [4.78, 5) is 6.60. The van der Waals surface area contributed by atoms with Crippen molar-refractivity contribution in [2.24, 2.45) is 5.92 Å². The third-order valence-electron chi connectivity index (χ3n) is 3.41. The molecular formula is C12H21N3O2. The maximum absolute atomic E-state index is 9.63. The van der Waals surface area contributed by atoms with Crippen LogP contribution in [0.4, 0.5) is 0 Å². The number of likely N-dealkylation sites (tertiary alicyclic amines) is 1. The van der Waals surface area contributed by atoms with Gasteiger partial charge in [0, 0.05) is 13.0 Å². The Labute approximate surface area is 102 Å². The van der Waals surface area contributed by atoms with Crippen LogP contribution in [0, 0.1) is 5.92 Å². The highest BCUT2D eigenvalue weighted by molar-refractivity contribution is 4.87. The van der Waals surface area contributed by atoms with Crippen molar-refractivity contribution in [3.63, 3.8) is 0 Å². The zero-order valence-corrected chi connectivity index (χ0v) is 10.6. The number of hydrogen-bond acceptors (Lipinski definition) is 5. The highest BCUT2D eigenvalue weighted by Crippen LogP contribution is 2.20. The van der Waals surface area contributed by atoms with Gasteiger partial charge in [0.05, 0.1) is 12.6 Å². The first-order valence-electron chi connectivity index (χ1n) is 6.41. The number of aryl methyl sites for hydroxylation is 1. The van der Waals surface area contributed by atoms with Gasteiger partial charge in [-0.15, -0.1) is 0 Å². The number of nitrogens with zero attached hydrogens (tertiary/aromatic N) is 3. The smallest absolute Gasteiger partial charge is 0.240 e. The summed E-state index contributed by atoms with van der Waals surface area (Å²) in [6.07, 6.45) is 2.81. The molecule has 0 spiro atoms. The van der Waals surface area contributed by atoms with Gasteiger partial charge in [-0.3, -0.25) is 4.90 Å². The molecule has 2 unspecified atom stereocenters. The molecule has 0 radical (unpaired) electrons. The van der Waals surface area contributed by atoms with Crippen molar-refractivity contribution in [3.8, 4) is 0 Å². The maximum atomic E-state index is 9.63. The highest BCUT2D eigenvalue weighted by atomic mass is 16.5. The lowest BCUT2D eigenvalue weighted by molar-refractivity contribution is 0.0556. The Hall–Kier alpha value is -0.940. The highest BCUT2D eigenvalue weighted by Gasteiger charge is 2.24. The Morgan fingerprint density at radius 3 is 3.06 bits per heavy atom. The van der Waals surface area contributed by atoms with Crippen molar-refractivity contribution in [1.29, 1.82) is 0 Å². The first-order valence-corrected chi connectivity index (χ1v) is 6.41. The van der Waals surface area contributed by atoms with Gasteiger partial charge in [0.1, 0.15) is 0 Å². The average molecular weight is 239 g/mol. The number of aliphatic hydroxyl groups is 1. The van der Waals surface area contributed by atoms with Crippen LogP contribution in [0.25, 0.3) is 0 Å². The van der Waals surface area contributed by atoms with E-state index in [9.17, 15) is 5.11 Å². The summed E-state index contributed by atoms with van der Waals surface area (Å²) in [5, 5.41) is 13.5. The summed E-state index contributed by atoms with van der Waals surface area (Å²) in [6.45, 7) is 6.56. The fraction of sp³-hybridized carbons (Fsp3) is 0.833. The van der Waals surface area contributed by atoms with Crippen molar-refractivity contribution in [2.45, 2.75) is 45.8 Å². The van der Waals surface area contributed by atoms with Crippen LogP contribution >= 0.6 is 0 Å². The number of piperidine rings is 1. The molecule has 1 aliphatic rings. The van der Waals surface area contributed by atoms with E-state index in [1.165, 1.54) is 0 Å². The van der Waals surface area contributed by atoms with E-state index >= 15 is 0 Å². The van der Waals surface area contributed by atoms with Crippen LogP contribution in [0.3, 0.4) is 0 Å². The third-order valence-corrected chi connectivity index (χ3v) is 3.41. The molecule has 0 bridgehead atoms. The largest absolute Gasteiger partial charge is 0.393 e. The Kier molecular flexibility index (Phi) is 4.12. The number of aliphatic hydroxyl groups excluding tert-OH is 1. The first kappa shape index (κ1) is 12.5. The number of aromatic nitrogens is 2. The van der Waals surface area contributed by atoms with Crippen LogP contribution < -0.4 is 0 Å². The molecule has 17 heavy (non-hydrogen) atoms. The molecule has 1 N–H and O–H groups in total. The standard InChI is InChI=1S/C12H21N3O2/c1-3-11-13-12(17-14-11)8-15-6-4-5-10(7-15)9(2)16/h9-10,16H,3-8H2,1-2H3. The zero-order chi connectivity index (χ0) is 12.3. The fourth-order valence-corrected chi connectivity index (χ4v) is 2.32. The molecule has 1 aliphatic heterocycles. The Morgan fingerprint density at radius 2 is 2.41 bits per heavy atom. The second-order valence-corrected chi connectivity index (χ2v) is 4.84. The van der Waals surface area contributed by atoms with Crippen molar-refractivity contribution in [2.75, 3.05) is 13.1 Å². The lowest BCUT2D eigenvalue weighted by atomic mass is 9.93. The van der Waals surface area contributed by atoms with Gasteiger partial charge in [0.15, 0.2) is 5.82 Å². The van der Waals surface area contributed by atoms with E-state index in [2.05, 4.69) is 15.0 Å². The van der Waals surface area contributed by atoms with Crippen LogP contribution in [0.15, 0.2) is 4.52 Å². The van der Waals surface area contributed by atoms with Crippen LogP contribution in [0.5, 0.6) is 0 Å². The van der Waals surface area contributed by atoms with Gasteiger partial charge >= 0.3 is 0 Å². The predicted octanol–water partition coefficient (Wildman–Crippen LogP) is 1.22. The minimum atomic E-state index is -0.230. The normalized spacial score (nSPS) is 23.8. The van der Waals surface area contributed by atoms with Gasteiger partial charge in [-0.05, 0) is 32.2 Å². The minimum Gasteiger partial charge on any atom is -0.393 e. The molecule has 1 fully saturated rings. The van der Waals surface area contributed by atoms with Gasteiger partial charge in [0.25, 0.3) is 0 Å². The third kappa shape index (κ3) is 3.26. The van der Waals surface area contributed by atoms with E-state index in [1.807, 2.05) is 13.8 Å². The molecule has 1 aromatic heterocycles. The van der Waals surface area contributed by atoms with Crippen molar-refractivity contribution < 1.29 is 9.63 Å². The van der Waals surface area contributed by atoms with Crippen LogP contribution in [0.2, 0.25) is 0 Å². The van der Waals surface area contributed by atoms with Crippen LogP contribution in [-0.2, 0) is 13.0 Å². The molecule has 5 nitrogen and oxygen atoms in total. The van der Waals surface area contributed by atoms with Crippen molar-refractivity contribution in [1.82, 2.24) is 15.0 Å².